The molecule has 0 aromatic heterocycles. The maximum absolute atomic E-state index is 14.7. The molecule has 3 aliphatic heterocycles. The molecule has 1 spiro atoms. The summed E-state index contributed by atoms with van der Waals surface area (Å²) in [5.41, 5.74) is -0.560. The van der Waals surface area contributed by atoms with Gasteiger partial charge in [-0.15, -0.1) is 13.2 Å². The molecule has 0 radical (unpaired) electrons. The number of rotatable bonds is 14. The Bertz CT molecular complexity index is 1510. The lowest BCUT2D eigenvalue weighted by Gasteiger charge is -2.43. The monoisotopic (exact) mass is 657 g/mol. The van der Waals surface area contributed by atoms with Crippen LogP contribution in [0.4, 0.5) is 0 Å². The SMILES string of the molecule is C=CCCC(=O)NC[C@@H](OC(=O)[C@@H]1[C@H]2C(=O)N([C@H](CO)c3ccccc3)[C@H](C(=O)N(CC=C)C(C)(C)C)[C@]23CC[C@H]1O3)c1ccccc1. The van der Waals surface area contributed by atoms with Gasteiger partial charge < -0.3 is 29.7 Å². The van der Waals surface area contributed by atoms with Gasteiger partial charge in [0.05, 0.1) is 37.1 Å². The van der Waals surface area contributed by atoms with Crippen LogP contribution in [0.15, 0.2) is 86.0 Å². The minimum atomic E-state index is -1.30. The molecule has 10 nitrogen and oxygen atoms in total. The second-order valence-electron chi connectivity index (χ2n) is 13.8. The summed E-state index contributed by atoms with van der Waals surface area (Å²) in [6, 6.07) is 16.3. The van der Waals surface area contributed by atoms with E-state index >= 15 is 0 Å². The zero-order valence-corrected chi connectivity index (χ0v) is 28.0. The number of likely N-dealkylation sites (tertiary alicyclic amines) is 1. The topological polar surface area (TPSA) is 125 Å². The molecule has 3 heterocycles. The second kappa shape index (κ2) is 14.5. The highest BCUT2D eigenvalue weighted by molar-refractivity contribution is 5.98. The number of allylic oxidation sites excluding steroid dienone is 1. The fraction of sp³-hybridized carbons (Fsp3) is 0.474. The molecule has 0 unspecified atom stereocenters. The van der Waals surface area contributed by atoms with Gasteiger partial charge in [-0.05, 0) is 51.2 Å². The third-order valence-electron chi connectivity index (χ3n) is 9.81. The van der Waals surface area contributed by atoms with Crippen molar-refractivity contribution < 1.29 is 33.8 Å². The van der Waals surface area contributed by atoms with Gasteiger partial charge in [0.15, 0.2) is 0 Å². The number of esters is 1. The minimum absolute atomic E-state index is 0.0453. The summed E-state index contributed by atoms with van der Waals surface area (Å²) in [5.74, 6) is -3.56. The van der Waals surface area contributed by atoms with Crippen LogP contribution in [0, 0.1) is 11.8 Å². The van der Waals surface area contributed by atoms with Crippen LogP contribution >= 0.6 is 0 Å². The number of carbonyl (C=O) groups excluding carboxylic acids is 4. The Balaban J connectivity index is 1.52. The molecule has 3 amide bonds. The van der Waals surface area contributed by atoms with Gasteiger partial charge in [0, 0.05) is 18.5 Å². The first-order valence-electron chi connectivity index (χ1n) is 16.7. The molecule has 256 valence electrons. The van der Waals surface area contributed by atoms with Gasteiger partial charge in [-0.3, -0.25) is 19.2 Å². The quantitative estimate of drug-likeness (QED) is 0.230. The van der Waals surface area contributed by atoms with E-state index < -0.39 is 65.8 Å². The first-order valence-corrected chi connectivity index (χ1v) is 16.7. The van der Waals surface area contributed by atoms with Gasteiger partial charge >= 0.3 is 5.97 Å². The summed E-state index contributed by atoms with van der Waals surface area (Å²) in [7, 11) is 0. The van der Waals surface area contributed by atoms with Gasteiger partial charge in [0.25, 0.3) is 0 Å². The maximum atomic E-state index is 14.7. The van der Waals surface area contributed by atoms with E-state index in [-0.39, 0.29) is 31.3 Å². The standard InChI is InChI=1S/C38H47N3O7/c1-6-8-19-30(43)39-23-29(26-17-13-10-14-18-26)47-36(46)31-28-20-21-38(48-28)32(31)34(44)41(27(24-42)25-15-11-9-12-16-25)33(38)35(45)40(22-7-2)37(3,4)5/h6-7,9-18,27-29,31-33,42H,1-2,8,19-24H2,3-5H3,(H,39,43)/t27-,28-,29-,31+,32+,33-,38+/m1/s1. The minimum Gasteiger partial charge on any atom is -0.455 e. The number of fused-ring (bicyclic) bond motifs is 1. The van der Waals surface area contributed by atoms with Crippen molar-refractivity contribution in [3.8, 4) is 0 Å². The fourth-order valence-corrected chi connectivity index (χ4v) is 7.62. The average Bonchev–Trinajstić information content (AvgIpc) is 3.72. The van der Waals surface area contributed by atoms with Crippen LogP contribution in [0.25, 0.3) is 0 Å². The van der Waals surface area contributed by atoms with Crippen molar-refractivity contribution in [2.45, 2.75) is 81.9 Å². The van der Waals surface area contributed by atoms with Gasteiger partial charge in [-0.1, -0.05) is 72.8 Å². The van der Waals surface area contributed by atoms with Gasteiger partial charge in [0.2, 0.25) is 17.7 Å². The number of ether oxygens (including phenoxy) is 2. The van der Waals surface area contributed by atoms with Crippen molar-refractivity contribution in [2.75, 3.05) is 19.7 Å². The van der Waals surface area contributed by atoms with Crippen LogP contribution in [0.3, 0.4) is 0 Å². The smallest absolute Gasteiger partial charge is 0.313 e. The number of nitrogens with one attached hydrogen (secondary N) is 1. The number of hydrogen-bond donors (Lipinski definition) is 2. The van der Waals surface area contributed by atoms with Crippen molar-refractivity contribution >= 4 is 23.7 Å². The number of carbonyl (C=O) groups is 4. The molecule has 10 heteroatoms. The molecule has 2 N–H and O–H groups in total. The molecular formula is C38H47N3O7. The summed E-state index contributed by atoms with van der Waals surface area (Å²) in [5, 5.41) is 13.6. The van der Waals surface area contributed by atoms with E-state index in [0.717, 1.165) is 0 Å². The van der Waals surface area contributed by atoms with Gasteiger partial charge in [-0.25, -0.2) is 0 Å². The highest BCUT2D eigenvalue weighted by Crippen LogP contribution is 2.60. The average molecular weight is 658 g/mol. The Morgan fingerprint density at radius 2 is 1.73 bits per heavy atom. The van der Waals surface area contributed by atoms with Crippen molar-refractivity contribution in [1.29, 1.82) is 0 Å². The van der Waals surface area contributed by atoms with E-state index in [4.69, 9.17) is 9.47 Å². The van der Waals surface area contributed by atoms with E-state index in [1.54, 1.807) is 17.1 Å². The van der Waals surface area contributed by atoms with Crippen LogP contribution in [0.2, 0.25) is 0 Å². The Hall–Kier alpha value is -4.28. The summed E-state index contributed by atoms with van der Waals surface area (Å²) < 4.78 is 12.8. The highest BCUT2D eigenvalue weighted by atomic mass is 16.6. The van der Waals surface area contributed by atoms with Crippen LogP contribution in [-0.4, -0.2) is 81.6 Å². The molecule has 0 saturated carbocycles. The number of hydrogen-bond acceptors (Lipinski definition) is 7. The first kappa shape index (κ1) is 35.0. The second-order valence-corrected chi connectivity index (χ2v) is 13.8. The number of aliphatic hydroxyl groups excluding tert-OH is 1. The number of benzene rings is 2. The van der Waals surface area contributed by atoms with Gasteiger partial charge in [-0.2, -0.15) is 0 Å². The van der Waals surface area contributed by atoms with E-state index in [9.17, 15) is 24.3 Å². The summed E-state index contributed by atoms with van der Waals surface area (Å²) >= 11 is 0. The van der Waals surface area contributed by atoms with Crippen molar-refractivity contribution in [2.24, 2.45) is 11.8 Å². The van der Waals surface area contributed by atoms with E-state index in [0.29, 0.717) is 30.4 Å². The van der Waals surface area contributed by atoms with Crippen LogP contribution in [-0.2, 0) is 28.7 Å². The van der Waals surface area contributed by atoms with Crippen molar-refractivity contribution in [3.63, 3.8) is 0 Å². The van der Waals surface area contributed by atoms with E-state index in [1.807, 2.05) is 81.4 Å². The molecule has 3 saturated heterocycles. The highest BCUT2D eigenvalue weighted by Gasteiger charge is 2.76. The summed E-state index contributed by atoms with van der Waals surface area (Å²) in [6.07, 6.45) is 3.49. The fourth-order valence-electron chi connectivity index (χ4n) is 7.62. The molecule has 3 fully saturated rings. The van der Waals surface area contributed by atoms with Crippen LogP contribution < -0.4 is 5.32 Å². The molecule has 5 rings (SSSR count). The number of amides is 3. The third kappa shape index (κ3) is 6.56. The Morgan fingerprint density at radius 3 is 2.31 bits per heavy atom. The Kier molecular flexibility index (Phi) is 10.6. The Labute approximate surface area is 282 Å². The predicted octanol–water partition coefficient (Wildman–Crippen LogP) is 4.27. The zero-order valence-electron chi connectivity index (χ0n) is 28.0. The molecule has 2 aromatic carbocycles. The normalized spacial score (nSPS) is 25.6. The van der Waals surface area contributed by atoms with E-state index in [1.165, 1.54) is 4.90 Å². The summed E-state index contributed by atoms with van der Waals surface area (Å²) in [4.78, 5) is 59.3. The molecule has 48 heavy (non-hydrogen) atoms. The Morgan fingerprint density at radius 1 is 1.08 bits per heavy atom. The lowest BCUT2D eigenvalue weighted by molar-refractivity contribution is -0.161. The first-order chi connectivity index (χ1) is 23.0. The zero-order chi connectivity index (χ0) is 34.6. The number of aliphatic hydroxyl groups is 1. The van der Waals surface area contributed by atoms with Crippen molar-refractivity contribution in [1.82, 2.24) is 15.1 Å². The summed E-state index contributed by atoms with van der Waals surface area (Å²) in [6.45, 7) is 13.1. The van der Waals surface area contributed by atoms with Crippen molar-refractivity contribution in [3.05, 3.63) is 97.1 Å². The number of nitrogens with zero attached hydrogens (tertiary/aromatic N) is 2. The van der Waals surface area contributed by atoms with Crippen LogP contribution in [0.5, 0.6) is 0 Å². The lowest BCUT2D eigenvalue weighted by Crippen LogP contribution is -2.60. The molecule has 0 aliphatic carbocycles. The van der Waals surface area contributed by atoms with Crippen LogP contribution in [0.1, 0.15) is 69.7 Å². The van der Waals surface area contributed by atoms with E-state index in [2.05, 4.69) is 18.5 Å². The molecule has 2 aromatic rings. The predicted molar refractivity (Wildman–Crippen MR) is 180 cm³/mol. The maximum Gasteiger partial charge on any atom is 0.313 e. The van der Waals surface area contributed by atoms with Gasteiger partial charge in [0.1, 0.15) is 17.7 Å². The molecule has 2 bridgehead atoms. The molecule has 7 atom stereocenters. The molecular weight excluding hydrogens is 610 g/mol. The largest absolute Gasteiger partial charge is 0.455 e. The molecule has 3 aliphatic rings. The lowest BCUT2D eigenvalue weighted by atomic mass is 9.70. The third-order valence-corrected chi connectivity index (χ3v) is 9.81.